The third kappa shape index (κ3) is 3.02. The molecule has 0 bridgehead atoms. The Morgan fingerprint density at radius 1 is 1.25 bits per heavy atom. The number of likely N-dealkylation sites (tertiary alicyclic amines) is 2. The second-order valence-electron chi connectivity index (χ2n) is 6.62. The van der Waals surface area contributed by atoms with Crippen molar-refractivity contribution in [1.82, 2.24) is 14.8 Å². The van der Waals surface area contributed by atoms with Gasteiger partial charge in [0.25, 0.3) is 0 Å². The Balaban J connectivity index is 1.45. The number of hydrogen-bond acceptors (Lipinski definition) is 4. The molecule has 1 aromatic heterocycles. The minimum absolute atomic E-state index is 0.0797. The summed E-state index contributed by atoms with van der Waals surface area (Å²) in [5.74, 6) is 0.508. The molecule has 2 aromatic rings. The highest BCUT2D eigenvalue weighted by Gasteiger charge is 2.29. The van der Waals surface area contributed by atoms with Gasteiger partial charge >= 0.3 is 0 Å². The highest BCUT2D eigenvalue weighted by Crippen LogP contribution is 2.33. The Kier molecular flexibility index (Phi) is 4.22. The Morgan fingerprint density at radius 3 is 2.92 bits per heavy atom. The monoisotopic (exact) mass is 343 g/mol. The summed E-state index contributed by atoms with van der Waals surface area (Å²) in [6.07, 6.45) is 3.54. The van der Waals surface area contributed by atoms with Crippen LogP contribution in [0.4, 0.5) is 0 Å². The largest absolute Gasteiger partial charge is 0.340 e. The summed E-state index contributed by atoms with van der Waals surface area (Å²) < 4.78 is 1.21. The lowest BCUT2D eigenvalue weighted by atomic mass is 9.98. The molecular weight excluding hydrogens is 322 g/mol. The molecule has 2 aliphatic rings. The number of piperidine rings is 1. The molecule has 0 radical (unpaired) electrons. The molecule has 0 saturated carbocycles. The van der Waals surface area contributed by atoms with Crippen molar-refractivity contribution in [2.45, 2.75) is 31.6 Å². The first-order valence-electron chi connectivity index (χ1n) is 8.62. The number of hydrogen-bond donors (Lipinski definition) is 0. The van der Waals surface area contributed by atoms with Gasteiger partial charge in [-0.15, -0.1) is 11.3 Å². The summed E-state index contributed by atoms with van der Waals surface area (Å²) in [6, 6.07) is 8.19. The van der Waals surface area contributed by atoms with Gasteiger partial charge in [0, 0.05) is 32.0 Å². The molecule has 1 atom stereocenters. The van der Waals surface area contributed by atoms with E-state index >= 15 is 0 Å². The van der Waals surface area contributed by atoms with Crippen LogP contribution in [0.2, 0.25) is 0 Å². The van der Waals surface area contributed by atoms with Crippen molar-refractivity contribution < 1.29 is 9.59 Å². The molecule has 0 N–H and O–H groups in total. The van der Waals surface area contributed by atoms with Crippen molar-refractivity contribution in [3.05, 3.63) is 29.3 Å². The van der Waals surface area contributed by atoms with Crippen LogP contribution in [0.25, 0.3) is 10.2 Å². The van der Waals surface area contributed by atoms with E-state index in [9.17, 15) is 9.59 Å². The third-order valence-corrected chi connectivity index (χ3v) is 6.13. The van der Waals surface area contributed by atoms with E-state index in [1.165, 1.54) is 4.70 Å². The summed E-state index contributed by atoms with van der Waals surface area (Å²) in [5.41, 5.74) is 1.05. The van der Waals surface area contributed by atoms with Crippen LogP contribution in [0.15, 0.2) is 24.3 Å². The fourth-order valence-corrected chi connectivity index (χ4v) is 4.70. The lowest BCUT2D eigenvalue weighted by Crippen LogP contribution is -2.44. The quantitative estimate of drug-likeness (QED) is 0.861. The molecular formula is C18H21N3O2S. The zero-order chi connectivity index (χ0) is 16.5. The van der Waals surface area contributed by atoms with Gasteiger partial charge in [0.15, 0.2) is 0 Å². The predicted molar refractivity (Wildman–Crippen MR) is 94.0 cm³/mol. The average molecular weight is 343 g/mol. The summed E-state index contributed by atoms with van der Waals surface area (Å²) in [4.78, 5) is 32.7. The Morgan fingerprint density at radius 2 is 2.12 bits per heavy atom. The number of carbonyl (C=O) groups is 2. The number of nitrogens with zero attached hydrogens (tertiary/aromatic N) is 3. The maximum absolute atomic E-state index is 12.6. The minimum atomic E-state index is 0.0797. The summed E-state index contributed by atoms with van der Waals surface area (Å²) in [5, 5.41) is 1.13. The number of rotatable bonds is 3. The van der Waals surface area contributed by atoms with Gasteiger partial charge in [-0.2, -0.15) is 0 Å². The number of carbonyl (C=O) groups excluding carboxylic acids is 2. The Hall–Kier alpha value is -1.95. The Bertz CT molecular complexity index is 739. The van der Waals surface area contributed by atoms with E-state index in [4.69, 9.17) is 4.98 Å². The average Bonchev–Trinajstić information content (AvgIpc) is 3.21. The lowest BCUT2D eigenvalue weighted by Gasteiger charge is -2.33. The van der Waals surface area contributed by atoms with E-state index in [0.717, 1.165) is 49.4 Å². The minimum Gasteiger partial charge on any atom is -0.340 e. The van der Waals surface area contributed by atoms with Crippen molar-refractivity contribution in [3.8, 4) is 0 Å². The molecule has 6 heteroatoms. The number of fused-ring (bicyclic) bond motifs is 1. The number of benzene rings is 1. The molecule has 3 heterocycles. The molecule has 0 spiro atoms. The fourth-order valence-electron chi connectivity index (χ4n) is 3.60. The van der Waals surface area contributed by atoms with Gasteiger partial charge in [0.1, 0.15) is 0 Å². The number of para-hydroxylation sites is 1. The van der Waals surface area contributed by atoms with Crippen LogP contribution in [0.3, 0.4) is 0 Å². The van der Waals surface area contributed by atoms with Crippen LogP contribution < -0.4 is 0 Å². The predicted octanol–water partition coefficient (Wildman–Crippen LogP) is 2.62. The second kappa shape index (κ2) is 6.51. The maximum Gasteiger partial charge on any atom is 0.242 e. The van der Waals surface area contributed by atoms with E-state index in [1.807, 2.05) is 23.1 Å². The van der Waals surface area contributed by atoms with Crippen molar-refractivity contribution in [2.75, 3.05) is 26.2 Å². The van der Waals surface area contributed by atoms with Crippen LogP contribution in [0.1, 0.15) is 36.6 Å². The zero-order valence-corrected chi connectivity index (χ0v) is 14.4. The molecule has 2 amide bonds. The van der Waals surface area contributed by atoms with Gasteiger partial charge in [-0.1, -0.05) is 12.1 Å². The van der Waals surface area contributed by atoms with Gasteiger partial charge in [0.2, 0.25) is 11.8 Å². The smallest absolute Gasteiger partial charge is 0.242 e. The number of amides is 2. The first-order valence-corrected chi connectivity index (χ1v) is 9.43. The standard InChI is InChI=1S/C18H21N3O2S/c22-16-8-4-10-21(16)12-17(23)20-9-3-5-13(11-20)18-19-14-6-1-2-7-15(14)24-18/h1-2,6-7,13H,3-5,8-12H2/t13-/m0/s1. The summed E-state index contributed by atoms with van der Waals surface area (Å²) in [7, 11) is 0. The van der Waals surface area contributed by atoms with Crippen LogP contribution in [-0.4, -0.2) is 52.8 Å². The molecule has 5 nitrogen and oxygen atoms in total. The SMILES string of the molecule is O=C1CCCN1CC(=O)N1CCC[C@H](c2nc3ccccc3s2)C1. The number of aromatic nitrogens is 1. The zero-order valence-electron chi connectivity index (χ0n) is 13.6. The molecule has 24 heavy (non-hydrogen) atoms. The molecule has 2 fully saturated rings. The molecule has 2 aliphatic heterocycles. The molecule has 2 saturated heterocycles. The van der Waals surface area contributed by atoms with Crippen LogP contribution in [-0.2, 0) is 9.59 Å². The van der Waals surface area contributed by atoms with Gasteiger partial charge in [-0.25, -0.2) is 4.98 Å². The molecule has 126 valence electrons. The van der Waals surface area contributed by atoms with E-state index in [0.29, 0.717) is 12.3 Å². The third-order valence-electron chi connectivity index (χ3n) is 4.93. The van der Waals surface area contributed by atoms with Gasteiger partial charge in [0.05, 0.1) is 21.8 Å². The van der Waals surface area contributed by atoms with Crippen molar-refractivity contribution in [2.24, 2.45) is 0 Å². The molecule has 0 aliphatic carbocycles. The second-order valence-corrected chi connectivity index (χ2v) is 7.68. The van der Waals surface area contributed by atoms with Gasteiger partial charge in [-0.05, 0) is 31.4 Å². The van der Waals surface area contributed by atoms with Crippen molar-refractivity contribution in [3.63, 3.8) is 0 Å². The van der Waals surface area contributed by atoms with Crippen LogP contribution in [0.5, 0.6) is 0 Å². The van der Waals surface area contributed by atoms with Gasteiger partial charge < -0.3 is 9.80 Å². The first kappa shape index (κ1) is 15.6. The Labute approximate surface area is 145 Å². The highest BCUT2D eigenvalue weighted by molar-refractivity contribution is 7.18. The molecule has 1 aromatic carbocycles. The topological polar surface area (TPSA) is 53.5 Å². The fraction of sp³-hybridized carbons (Fsp3) is 0.500. The number of thiazole rings is 1. The van der Waals surface area contributed by atoms with E-state index in [1.54, 1.807) is 16.2 Å². The van der Waals surface area contributed by atoms with Crippen molar-refractivity contribution in [1.29, 1.82) is 0 Å². The van der Waals surface area contributed by atoms with Gasteiger partial charge in [-0.3, -0.25) is 9.59 Å². The molecule has 4 rings (SSSR count). The van der Waals surface area contributed by atoms with E-state index in [-0.39, 0.29) is 18.4 Å². The summed E-state index contributed by atoms with van der Waals surface area (Å²) in [6.45, 7) is 2.48. The molecule has 0 unspecified atom stereocenters. The van der Waals surface area contributed by atoms with Crippen LogP contribution >= 0.6 is 11.3 Å². The highest BCUT2D eigenvalue weighted by atomic mass is 32.1. The maximum atomic E-state index is 12.6. The lowest BCUT2D eigenvalue weighted by molar-refractivity contribution is -0.139. The normalized spacial score (nSPS) is 21.7. The van der Waals surface area contributed by atoms with E-state index < -0.39 is 0 Å². The summed E-state index contributed by atoms with van der Waals surface area (Å²) >= 11 is 1.74. The van der Waals surface area contributed by atoms with E-state index in [2.05, 4.69) is 6.07 Å². The van der Waals surface area contributed by atoms with Crippen LogP contribution in [0, 0.1) is 0 Å². The van der Waals surface area contributed by atoms with Crippen molar-refractivity contribution >= 4 is 33.4 Å². The first-order chi connectivity index (χ1) is 11.7.